The van der Waals surface area contributed by atoms with Gasteiger partial charge in [0.2, 0.25) is 0 Å². The highest BCUT2D eigenvalue weighted by Crippen LogP contribution is 2.21. The zero-order valence-electron chi connectivity index (χ0n) is 9.42. The van der Waals surface area contributed by atoms with E-state index in [-0.39, 0.29) is 0 Å². The number of aryl methyl sites for hydroxylation is 1. The lowest BCUT2D eigenvalue weighted by molar-refractivity contribution is 0.107. The van der Waals surface area contributed by atoms with Crippen LogP contribution in [0.25, 0.3) is 0 Å². The maximum absolute atomic E-state index is 5.34. The van der Waals surface area contributed by atoms with Crippen LogP contribution >= 0.6 is 0 Å². The van der Waals surface area contributed by atoms with E-state index < -0.39 is 0 Å². The minimum Gasteiger partial charge on any atom is -0.381 e. The first-order chi connectivity index (χ1) is 7.28. The molecule has 15 heavy (non-hydrogen) atoms. The summed E-state index contributed by atoms with van der Waals surface area (Å²) in [7, 11) is 1.80. The van der Waals surface area contributed by atoms with E-state index >= 15 is 0 Å². The van der Waals surface area contributed by atoms with Crippen LogP contribution in [0.5, 0.6) is 0 Å². The number of ether oxygens (including phenoxy) is 1. The number of aromatic amines is 1. The van der Waals surface area contributed by atoms with E-state index in [4.69, 9.17) is 4.74 Å². The molecule has 0 radical (unpaired) electrons. The van der Waals surface area contributed by atoms with E-state index in [0.717, 1.165) is 24.5 Å². The number of methoxy groups -OCH3 is 1. The Bertz CT molecular complexity index is 311. The average molecular weight is 209 g/mol. The first-order valence-corrected chi connectivity index (χ1v) is 5.54. The summed E-state index contributed by atoms with van der Waals surface area (Å²) in [5.74, 6) is 0.980. The van der Waals surface area contributed by atoms with Crippen LogP contribution in [0.1, 0.15) is 30.8 Å². The van der Waals surface area contributed by atoms with Gasteiger partial charge in [0.15, 0.2) is 0 Å². The van der Waals surface area contributed by atoms with Crippen LogP contribution in [-0.4, -0.2) is 29.2 Å². The topological polar surface area (TPSA) is 49.9 Å². The van der Waals surface area contributed by atoms with Gasteiger partial charge in [-0.2, -0.15) is 0 Å². The first kappa shape index (κ1) is 10.6. The second kappa shape index (κ2) is 4.77. The van der Waals surface area contributed by atoms with Gasteiger partial charge >= 0.3 is 0 Å². The third kappa shape index (κ3) is 2.79. The Labute approximate surface area is 90.4 Å². The van der Waals surface area contributed by atoms with Crippen molar-refractivity contribution in [3.8, 4) is 0 Å². The predicted octanol–water partition coefficient (Wildman–Crippen LogP) is 1.38. The molecule has 0 aromatic carbocycles. The predicted molar refractivity (Wildman–Crippen MR) is 58.6 cm³/mol. The highest BCUT2D eigenvalue weighted by atomic mass is 16.5. The third-order valence-corrected chi connectivity index (χ3v) is 3.05. The van der Waals surface area contributed by atoms with Crippen molar-refractivity contribution in [3.05, 3.63) is 17.7 Å². The Kier molecular flexibility index (Phi) is 3.38. The fraction of sp³-hybridized carbons (Fsp3) is 0.727. The molecule has 2 unspecified atom stereocenters. The fourth-order valence-electron chi connectivity index (χ4n) is 2.16. The average Bonchev–Trinajstić information content (AvgIpc) is 2.83. The fourth-order valence-corrected chi connectivity index (χ4v) is 2.16. The van der Waals surface area contributed by atoms with E-state index in [1.165, 1.54) is 12.8 Å². The van der Waals surface area contributed by atoms with Gasteiger partial charge in [-0.15, -0.1) is 0 Å². The number of aromatic nitrogens is 2. The lowest BCUT2D eigenvalue weighted by Gasteiger charge is -2.11. The minimum absolute atomic E-state index is 0.450. The van der Waals surface area contributed by atoms with Crippen LogP contribution in [0.4, 0.5) is 0 Å². The lowest BCUT2D eigenvalue weighted by Crippen LogP contribution is -2.26. The van der Waals surface area contributed by atoms with Crippen LogP contribution in [0.3, 0.4) is 0 Å². The lowest BCUT2D eigenvalue weighted by atomic mass is 10.2. The molecule has 1 heterocycles. The molecule has 1 aliphatic rings. The molecule has 1 aromatic heterocycles. The van der Waals surface area contributed by atoms with Gasteiger partial charge in [-0.05, 0) is 26.2 Å². The molecule has 1 saturated carbocycles. The molecular formula is C11H19N3O. The summed E-state index contributed by atoms with van der Waals surface area (Å²) in [6.45, 7) is 2.85. The molecule has 4 nitrogen and oxygen atoms in total. The van der Waals surface area contributed by atoms with E-state index in [9.17, 15) is 0 Å². The van der Waals surface area contributed by atoms with E-state index in [1.807, 2.05) is 13.1 Å². The number of H-pyrrole nitrogens is 1. The van der Waals surface area contributed by atoms with Crippen molar-refractivity contribution in [1.82, 2.24) is 15.3 Å². The normalized spacial score (nSPS) is 26.0. The monoisotopic (exact) mass is 209 g/mol. The number of rotatable bonds is 4. The first-order valence-electron chi connectivity index (χ1n) is 5.54. The number of imidazole rings is 1. The highest BCUT2D eigenvalue weighted by molar-refractivity contribution is 4.99. The molecule has 1 aliphatic carbocycles. The molecule has 1 fully saturated rings. The molecule has 4 heteroatoms. The smallest absolute Gasteiger partial charge is 0.103 e. The van der Waals surface area contributed by atoms with E-state index in [0.29, 0.717) is 12.1 Å². The van der Waals surface area contributed by atoms with Gasteiger partial charge in [-0.1, -0.05) is 0 Å². The van der Waals surface area contributed by atoms with Gasteiger partial charge in [-0.3, -0.25) is 0 Å². The van der Waals surface area contributed by atoms with Crippen LogP contribution in [-0.2, 0) is 11.3 Å². The van der Waals surface area contributed by atoms with E-state index in [1.54, 1.807) is 7.11 Å². The molecule has 1 aromatic rings. The molecule has 84 valence electrons. The van der Waals surface area contributed by atoms with Crippen molar-refractivity contribution in [2.75, 3.05) is 7.11 Å². The summed E-state index contributed by atoms with van der Waals surface area (Å²) in [6.07, 6.45) is 5.86. The molecule has 2 N–H and O–H groups in total. The molecular weight excluding hydrogens is 190 g/mol. The van der Waals surface area contributed by atoms with Gasteiger partial charge in [0.05, 0.1) is 6.10 Å². The maximum Gasteiger partial charge on any atom is 0.103 e. The Balaban J connectivity index is 1.75. The largest absolute Gasteiger partial charge is 0.381 e. The number of nitrogens with one attached hydrogen (secondary N) is 2. The summed E-state index contributed by atoms with van der Waals surface area (Å²) in [5.41, 5.74) is 1.16. The Morgan fingerprint density at radius 2 is 2.47 bits per heavy atom. The summed E-state index contributed by atoms with van der Waals surface area (Å²) in [4.78, 5) is 7.39. The third-order valence-electron chi connectivity index (χ3n) is 3.05. The summed E-state index contributed by atoms with van der Waals surface area (Å²) >= 11 is 0. The van der Waals surface area contributed by atoms with Gasteiger partial charge in [0, 0.05) is 31.6 Å². The number of nitrogens with zero attached hydrogens (tertiary/aromatic N) is 1. The molecule has 0 bridgehead atoms. The standard InChI is InChI=1S/C11H19N3O/c1-8-12-6-10(14-8)7-13-9-3-4-11(5-9)15-2/h6,9,11,13H,3-5,7H2,1-2H3,(H,12,14). The molecule has 2 rings (SSSR count). The molecule has 0 amide bonds. The summed E-state index contributed by atoms with van der Waals surface area (Å²) < 4.78 is 5.34. The second-order valence-corrected chi connectivity index (χ2v) is 4.24. The van der Waals surface area contributed by atoms with Crippen LogP contribution in [0, 0.1) is 6.92 Å². The zero-order chi connectivity index (χ0) is 10.7. The Morgan fingerprint density at radius 1 is 1.60 bits per heavy atom. The SMILES string of the molecule is COC1CCC(NCc2cnc(C)[nH]2)C1. The maximum atomic E-state index is 5.34. The van der Waals surface area contributed by atoms with Crippen LogP contribution in [0.2, 0.25) is 0 Å². The number of hydrogen-bond donors (Lipinski definition) is 2. The van der Waals surface area contributed by atoms with Gasteiger partial charge in [0.1, 0.15) is 5.82 Å². The molecule has 2 atom stereocenters. The summed E-state index contributed by atoms with van der Waals surface area (Å²) in [5, 5.41) is 3.52. The van der Waals surface area contributed by atoms with Gasteiger partial charge < -0.3 is 15.0 Å². The molecule has 0 spiro atoms. The highest BCUT2D eigenvalue weighted by Gasteiger charge is 2.23. The van der Waals surface area contributed by atoms with Crippen molar-refractivity contribution in [3.63, 3.8) is 0 Å². The van der Waals surface area contributed by atoms with E-state index in [2.05, 4.69) is 15.3 Å². The van der Waals surface area contributed by atoms with Crippen molar-refractivity contribution in [1.29, 1.82) is 0 Å². The van der Waals surface area contributed by atoms with Crippen molar-refractivity contribution < 1.29 is 4.74 Å². The minimum atomic E-state index is 0.450. The van der Waals surface area contributed by atoms with Crippen molar-refractivity contribution in [2.45, 2.75) is 44.9 Å². The summed E-state index contributed by atoms with van der Waals surface area (Å²) in [6, 6.07) is 0.596. The Hall–Kier alpha value is -0.870. The van der Waals surface area contributed by atoms with Gasteiger partial charge in [-0.25, -0.2) is 4.98 Å². The molecule has 0 saturated heterocycles. The van der Waals surface area contributed by atoms with Gasteiger partial charge in [0.25, 0.3) is 0 Å². The number of hydrogen-bond acceptors (Lipinski definition) is 3. The Morgan fingerprint density at radius 3 is 3.07 bits per heavy atom. The van der Waals surface area contributed by atoms with Crippen molar-refractivity contribution in [2.24, 2.45) is 0 Å². The van der Waals surface area contributed by atoms with Crippen LogP contribution < -0.4 is 5.32 Å². The second-order valence-electron chi connectivity index (χ2n) is 4.24. The van der Waals surface area contributed by atoms with Crippen molar-refractivity contribution >= 4 is 0 Å². The quantitative estimate of drug-likeness (QED) is 0.787. The zero-order valence-corrected chi connectivity index (χ0v) is 9.42. The van der Waals surface area contributed by atoms with Crippen LogP contribution in [0.15, 0.2) is 6.20 Å². The molecule has 0 aliphatic heterocycles.